The van der Waals surface area contributed by atoms with E-state index >= 15 is 0 Å². The van der Waals surface area contributed by atoms with Crippen LogP contribution in [0.25, 0.3) is 0 Å². The number of carbonyl (C=O) groups excluding carboxylic acids is 1. The Morgan fingerprint density at radius 1 is 0.966 bits per heavy atom. The topological polar surface area (TPSA) is 213 Å². The second-order valence-electron chi connectivity index (χ2n) is 6.90. The Morgan fingerprint density at radius 2 is 1.55 bits per heavy atom. The molecule has 0 saturated carbocycles. The Hall–Kier alpha value is -0.970. The van der Waals surface area contributed by atoms with Gasteiger partial charge in [-0.05, 0) is 0 Å². The maximum absolute atomic E-state index is 11.5. The van der Waals surface area contributed by atoms with Gasteiger partial charge in [0.05, 0.1) is 19.8 Å². The average molecular weight is 426 g/mol. The van der Waals surface area contributed by atoms with E-state index in [1.165, 1.54) is 6.92 Å². The van der Waals surface area contributed by atoms with E-state index < -0.39 is 80.5 Å². The fourth-order valence-corrected chi connectivity index (χ4v) is 3.28. The predicted octanol–water partition coefficient (Wildman–Crippen LogP) is -5.27. The second kappa shape index (κ2) is 10.9. The van der Waals surface area contributed by atoms with Crippen molar-refractivity contribution < 1.29 is 54.4 Å². The van der Waals surface area contributed by atoms with Crippen LogP contribution < -0.4 is 11.1 Å². The van der Waals surface area contributed by atoms with Gasteiger partial charge in [0.1, 0.15) is 48.8 Å². The van der Waals surface area contributed by atoms with Gasteiger partial charge in [-0.25, -0.2) is 0 Å². The Kier molecular flexibility index (Phi) is 9.12. The summed E-state index contributed by atoms with van der Waals surface area (Å²) in [6.07, 6.45) is -12.7. The van der Waals surface area contributed by atoms with Crippen molar-refractivity contribution in [2.24, 2.45) is 5.73 Å². The van der Waals surface area contributed by atoms with Crippen LogP contribution in [0.1, 0.15) is 6.92 Å². The molecule has 170 valence electrons. The third-order valence-corrected chi connectivity index (χ3v) is 4.76. The molecular formula is C16H30N2O11. The standard InChI is InChI=1S/C16H30N2O11/c1-6(21)18-9-12(24)10(22)7(4-19)27-15(9)29-14-11(23)8(5-20)28-16(13(14)25)26-3-2-17/h7-16,19-20,22-25H,2-5,17H2,1H3,(H,18,21)/t7-,8-,9-,10-,11+,12-,13-,14+,15+,16-/m1/s1. The molecule has 0 aliphatic carbocycles. The maximum Gasteiger partial charge on any atom is 0.217 e. The molecule has 0 bridgehead atoms. The zero-order valence-electron chi connectivity index (χ0n) is 15.9. The minimum atomic E-state index is -1.57. The number of ether oxygens (including phenoxy) is 4. The van der Waals surface area contributed by atoms with Gasteiger partial charge in [-0.1, -0.05) is 0 Å². The first-order valence-electron chi connectivity index (χ1n) is 9.24. The number of aliphatic hydroxyl groups excluding tert-OH is 6. The summed E-state index contributed by atoms with van der Waals surface area (Å²) in [5, 5.41) is 62.5. The van der Waals surface area contributed by atoms with Gasteiger partial charge < -0.3 is 60.6 Å². The van der Waals surface area contributed by atoms with Crippen LogP contribution in [0.2, 0.25) is 0 Å². The van der Waals surface area contributed by atoms with Gasteiger partial charge >= 0.3 is 0 Å². The second-order valence-corrected chi connectivity index (χ2v) is 6.90. The molecule has 0 spiro atoms. The van der Waals surface area contributed by atoms with Crippen LogP contribution in [0.4, 0.5) is 0 Å². The summed E-state index contributed by atoms with van der Waals surface area (Å²) >= 11 is 0. The Balaban J connectivity index is 2.23. The molecule has 2 rings (SSSR count). The van der Waals surface area contributed by atoms with Gasteiger partial charge in [-0.2, -0.15) is 0 Å². The molecule has 0 radical (unpaired) electrons. The largest absolute Gasteiger partial charge is 0.394 e. The molecule has 2 aliphatic rings. The van der Waals surface area contributed by atoms with E-state index in [0.29, 0.717) is 0 Å². The van der Waals surface area contributed by atoms with E-state index in [2.05, 4.69) is 5.32 Å². The highest BCUT2D eigenvalue weighted by atomic mass is 16.7. The Bertz CT molecular complexity index is 527. The van der Waals surface area contributed by atoms with E-state index in [4.69, 9.17) is 24.7 Å². The molecule has 0 aromatic heterocycles. The molecule has 13 heteroatoms. The van der Waals surface area contributed by atoms with Crippen LogP contribution in [-0.2, 0) is 23.7 Å². The third kappa shape index (κ3) is 5.59. The predicted molar refractivity (Wildman–Crippen MR) is 93.0 cm³/mol. The summed E-state index contributed by atoms with van der Waals surface area (Å²) < 4.78 is 21.7. The molecule has 0 unspecified atom stereocenters. The highest BCUT2D eigenvalue weighted by Gasteiger charge is 2.51. The number of nitrogens with one attached hydrogen (secondary N) is 1. The first kappa shape index (κ1) is 24.3. The van der Waals surface area contributed by atoms with Crippen molar-refractivity contribution in [2.75, 3.05) is 26.4 Å². The lowest BCUT2D eigenvalue weighted by Crippen LogP contribution is -2.67. The number of rotatable bonds is 8. The van der Waals surface area contributed by atoms with Crippen LogP contribution in [0.5, 0.6) is 0 Å². The molecule has 9 N–H and O–H groups in total. The number of amides is 1. The molecule has 2 aliphatic heterocycles. The quantitative estimate of drug-likeness (QED) is 0.183. The van der Waals surface area contributed by atoms with Crippen LogP contribution in [0.3, 0.4) is 0 Å². The van der Waals surface area contributed by atoms with Crippen molar-refractivity contribution in [3.8, 4) is 0 Å². The van der Waals surface area contributed by atoms with Crippen LogP contribution in [-0.4, -0.2) is 124 Å². The Labute approximate surface area is 166 Å². The number of nitrogens with two attached hydrogens (primary N) is 1. The lowest BCUT2D eigenvalue weighted by atomic mass is 9.95. The minimum Gasteiger partial charge on any atom is -0.394 e. The number of aliphatic hydroxyl groups is 6. The number of carbonyl (C=O) groups is 1. The molecular weight excluding hydrogens is 396 g/mol. The molecule has 29 heavy (non-hydrogen) atoms. The van der Waals surface area contributed by atoms with Crippen molar-refractivity contribution in [3.63, 3.8) is 0 Å². The van der Waals surface area contributed by atoms with Gasteiger partial charge in [-0.3, -0.25) is 4.79 Å². The van der Waals surface area contributed by atoms with Gasteiger partial charge in [0.25, 0.3) is 0 Å². The highest BCUT2D eigenvalue weighted by molar-refractivity contribution is 5.73. The van der Waals surface area contributed by atoms with Gasteiger partial charge in [0, 0.05) is 13.5 Å². The monoisotopic (exact) mass is 426 g/mol. The lowest BCUT2D eigenvalue weighted by Gasteiger charge is -2.47. The molecule has 2 fully saturated rings. The lowest BCUT2D eigenvalue weighted by molar-refractivity contribution is -0.347. The van der Waals surface area contributed by atoms with Crippen molar-refractivity contribution in [1.82, 2.24) is 5.32 Å². The SMILES string of the molecule is CC(=O)N[C@H]1[C@H](O[C@H]2[C@@H](O)[C@@H](CO)O[C@@H](OCCN)[C@@H]2O)O[C@H](CO)[C@@H](O)[C@@H]1O. The zero-order valence-corrected chi connectivity index (χ0v) is 15.9. The van der Waals surface area contributed by atoms with E-state index in [-0.39, 0.29) is 13.2 Å². The number of hydrogen-bond donors (Lipinski definition) is 8. The number of hydrogen-bond acceptors (Lipinski definition) is 12. The van der Waals surface area contributed by atoms with Crippen molar-refractivity contribution in [1.29, 1.82) is 0 Å². The smallest absolute Gasteiger partial charge is 0.217 e. The Morgan fingerprint density at radius 3 is 2.10 bits per heavy atom. The summed E-state index contributed by atoms with van der Waals surface area (Å²) in [6, 6.07) is -1.27. The normalized spacial score (nSPS) is 43.2. The van der Waals surface area contributed by atoms with Crippen LogP contribution >= 0.6 is 0 Å². The van der Waals surface area contributed by atoms with Crippen molar-refractivity contribution in [2.45, 2.75) is 68.3 Å². The molecule has 0 aromatic carbocycles. The van der Waals surface area contributed by atoms with Gasteiger partial charge in [0.15, 0.2) is 12.6 Å². The van der Waals surface area contributed by atoms with Gasteiger partial charge in [-0.15, -0.1) is 0 Å². The van der Waals surface area contributed by atoms with Crippen molar-refractivity contribution in [3.05, 3.63) is 0 Å². The van der Waals surface area contributed by atoms with E-state index in [0.717, 1.165) is 0 Å². The summed E-state index contributed by atoms with van der Waals surface area (Å²) in [5.41, 5.74) is 5.37. The summed E-state index contributed by atoms with van der Waals surface area (Å²) in [4.78, 5) is 11.5. The van der Waals surface area contributed by atoms with Crippen LogP contribution in [0.15, 0.2) is 0 Å². The van der Waals surface area contributed by atoms with Crippen LogP contribution in [0, 0.1) is 0 Å². The van der Waals surface area contributed by atoms with E-state index in [1.54, 1.807) is 0 Å². The summed E-state index contributed by atoms with van der Waals surface area (Å²) in [5.74, 6) is -0.564. The fourth-order valence-electron chi connectivity index (χ4n) is 3.28. The fraction of sp³-hybridized carbons (Fsp3) is 0.938. The summed E-state index contributed by atoms with van der Waals surface area (Å²) in [7, 11) is 0. The summed E-state index contributed by atoms with van der Waals surface area (Å²) in [6.45, 7) is 0.0470. The molecule has 2 saturated heterocycles. The molecule has 10 atom stereocenters. The minimum absolute atomic E-state index is 0.0224. The van der Waals surface area contributed by atoms with Crippen molar-refractivity contribution >= 4 is 5.91 Å². The third-order valence-electron chi connectivity index (χ3n) is 4.76. The molecule has 0 aromatic rings. The van der Waals surface area contributed by atoms with E-state index in [1.807, 2.05) is 0 Å². The molecule has 2 heterocycles. The maximum atomic E-state index is 11.5. The highest BCUT2D eigenvalue weighted by Crippen LogP contribution is 2.29. The average Bonchev–Trinajstić information content (AvgIpc) is 2.69. The molecule has 1 amide bonds. The van der Waals surface area contributed by atoms with Gasteiger partial charge in [0.2, 0.25) is 5.91 Å². The zero-order chi connectivity index (χ0) is 21.7. The molecule has 13 nitrogen and oxygen atoms in total. The first-order chi connectivity index (χ1) is 13.7. The van der Waals surface area contributed by atoms with E-state index in [9.17, 15) is 35.4 Å². The first-order valence-corrected chi connectivity index (χ1v) is 9.24.